The van der Waals surface area contributed by atoms with Crippen LogP contribution in [0.1, 0.15) is 11.3 Å². The molecule has 0 atom stereocenters. The van der Waals surface area contributed by atoms with E-state index in [2.05, 4.69) is 20.5 Å². The van der Waals surface area contributed by atoms with Gasteiger partial charge in [0.05, 0.1) is 19.3 Å². The Morgan fingerprint density at radius 1 is 1.08 bits per heavy atom. The fraction of sp³-hybridized carbons (Fsp3) is 0.154. The van der Waals surface area contributed by atoms with Crippen molar-refractivity contribution in [1.29, 1.82) is 0 Å². The highest BCUT2D eigenvalue weighted by atomic mass is 35.5. The summed E-state index contributed by atoms with van der Waals surface area (Å²) in [6.07, 6.45) is 3.31. The minimum Gasteiger partial charge on any atom is -0.497 e. The number of hydrogen-bond donors (Lipinski definition) is 1. The molecule has 182 valence electrons. The molecule has 0 aliphatic carbocycles. The summed E-state index contributed by atoms with van der Waals surface area (Å²) in [6.45, 7) is 2.21. The molecule has 0 unspecified atom stereocenters. The monoisotopic (exact) mass is 504 g/mol. The number of halogens is 2. The maximum Gasteiger partial charge on any atom is 0.247 e. The molecule has 5 aromatic rings. The topological polar surface area (TPSA) is 86.9 Å². The van der Waals surface area contributed by atoms with E-state index in [-0.39, 0.29) is 24.1 Å². The van der Waals surface area contributed by atoms with E-state index in [9.17, 15) is 9.18 Å². The summed E-state index contributed by atoms with van der Waals surface area (Å²) < 4.78 is 21.5. The number of fused-ring (bicyclic) bond motifs is 1. The number of amides is 1. The second-order valence-electron chi connectivity index (χ2n) is 8.23. The van der Waals surface area contributed by atoms with Crippen molar-refractivity contribution in [2.45, 2.75) is 20.0 Å². The molecule has 3 heterocycles. The van der Waals surface area contributed by atoms with Gasteiger partial charge < -0.3 is 10.1 Å². The number of pyridine rings is 1. The van der Waals surface area contributed by atoms with Gasteiger partial charge in [0.1, 0.15) is 23.1 Å². The Kier molecular flexibility index (Phi) is 6.39. The number of carbonyl (C=O) groups is 1. The molecule has 8 nitrogen and oxygen atoms in total. The maximum atomic E-state index is 13.1. The Labute approximate surface area is 211 Å². The predicted molar refractivity (Wildman–Crippen MR) is 136 cm³/mol. The molecule has 0 radical (unpaired) electrons. The molecule has 0 saturated carbocycles. The number of anilines is 1. The fourth-order valence-electron chi connectivity index (χ4n) is 4.05. The molecular weight excluding hydrogens is 483 g/mol. The van der Waals surface area contributed by atoms with E-state index < -0.39 is 0 Å². The van der Waals surface area contributed by atoms with Crippen molar-refractivity contribution < 1.29 is 13.9 Å². The lowest BCUT2D eigenvalue weighted by atomic mass is 10.0. The standard InChI is InChI=1S/C26H22ClFN6O2/c1-16-24-21(18-5-9-20(36-2)10-6-18)11-12-29-26(24)34(31-16)15-23(35)30-25-22(27)14-33(32-25)13-17-3-7-19(28)8-4-17/h3-12,14H,13,15H2,1-2H3,(H,30,32,35). The molecule has 0 saturated heterocycles. The Bertz CT molecular complexity index is 1540. The van der Waals surface area contributed by atoms with Crippen molar-refractivity contribution in [3.63, 3.8) is 0 Å². The van der Waals surface area contributed by atoms with Gasteiger partial charge in [0.2, 0.25) is 5.91 Å². The Morgan fingerprint density at radius 2 is 1.83 bits per heavy atom. The summed E-state index contributed by atoms with van der Waals surface area (Å²) in [6, 6.07) is 15.8. The first-order chi connectivity index (χ1) is 17.4. The van der Waals surface area contributed by atoms with Crippen LogP contribution in [0.15, 0.2) is 67.0 Å². The largest absolute Gasteiger partial charge is 0.497 e. The van der Waals surface area contributed by atoms with Crippen LogP contribution >= 0.6 is 11.6 Å². The zero-order chi connectivity index (χ0) is 25.2. The fourth-order valence-corrected chi connectivity index (χ4v) is 4.25. The normalized spacial score (nSPS) is 11.1. The van der Waals surface area contributed by atoms with E-state index in [0.717, 1.165) is 33.5 Å². The smallest absolute Gasteiger partial charge is 0.247 e. The van der Waals surface area contributed by atoms with Gasteiger partial charge in [-0.1, -0.05) is 35.9 Å². The van der Waals surface area contributed by atoms with Gasteiger partial charge in [-0.15, -0.1) is 0 Å². The first kappa shape index (κ1) is 23.5. The molecule has 1 N–H and O–H groups in total. The third kappa shape index (κ3) is 4.78. The molecule has 0 spiro atoms. The number of benzene rings is 2. The Balaban J connectivity index is 1.35. The van der Waals surface area contributed by atoms with Gasteiger partial charge in [-0.05, 0) is 53.9 Å². The van der Waals surface area contributed by atoms with Crippen molar-refractivity contribution in [2.75, 3.05) is 12.4 Å². The number of nitrogens with zero attached hydrogens (tertiary/aromatic N) is 5. The highest BCUT2D eigenvalue weighted by molar-refractivity contribution is 6.33. The van der Waals surface area contributed by atoms with Crippen LogP contribution in [0.3, 0.4) is 0 Å². The number of nitrogens with one attached hydrogen (secondary N) is 1. The third-order valence-electron chi connectivity index (χ3n) is 5.74. The lowest BCUT2D eigenvalue weighted by Gasteiger charge is -2.07. The number of methoxy groups -OCH3 is 1. The summed E-state index contributed by atoms with van der Waals surface area (Å²) >= 11 is 6.29. The van der Waals surface area contributed by atoms with Crippen molar-refractivity contribution in [3.05, 3.63) is 89.1 Å². The van der Waals surface area contributed by atoms with E-state index in [1.165, 1.54) is 12.1 Å². The Morgan fingerprint density at radius 3 is 2.56 bits per heavy atom. The van der Waals surface area contributed by atoms with Crippen molar-refractivity contribution in [2.24, 2.45) is 0 Å². The zero-order valence-corrected chi connectivity index (χ0v) is 20.3. The van der Waals surface area contributed by atoms with Gasteiger partial charge >= 0.3 is 0 Å². The van der Waals surface area contributed by atoms with Crippen LogP contribution < -0.4 is 10.1 Å². The van der Waals surface area contributed by atoms with Crippen LogP contribution in [-0.2, 0) is 17.9 Å². The van der Waals surface area contributed by atoms with Crippen LogP contribution in [0.4, 0.5) is 10.2 Å². The lowest BCUT2D eigenvalue weighted by Crippen LogP contribution is -2.20. The molecular formula is C26H22ClFN6O2. The van der Waals surface area contributed by atoms with Gasteiger partial charge in [-0.25, -0.2) is 14.1 Å². The summed E-state index contributed by atoms with van der Waals surface area (Å²) in [5.74, 6) is 0.359. The van der Waals surface area contributed by atoms with Crippen molar-refractivity contribution in [3.8, 4) is 16.9 Å². The summed E-state index contributed by atoms with van der Waals surface area (Å²) in [4.78, 5) is 17.3. The maximum absolute atomic E-state index is 13.1. The lowest BCUT2D eigenvalue weighted by molar-refractivity contribution is -0.116. The van der Waals surface area contributed by atoms with Crippen LogP contribution in [0, 0.1) is 12.7 Å². The molecule has 36 heavy (non-hydrogen) atoms. The molecule has 10 heteroatoms. The average Bonchev–Trinajstić information content (AvgIpc) is 3.38. The summed E-state index contributed by atoms with van der Waals surface area (Å²) in [7, 11) is 1.63. The summed E-state index contributed by atoms with van der Waals surface area (Å²) in [5.41, 5.74) is 4.18. The van der Waals surface area contributed by atoms with Crippen LogP contribution in [-0.4, -0.2) is 37.6 Å². The predicted octanol–water partition coefficient (Wildman–Crippen LogP) is 5.09. The highest BCUT2D eigenvalue weighted by Crippen LogP contribution is 2.31. The van der Waals surface area contributed by atoms with Gasteiger partial charge in [0, 0.05) is 17.8 Å². The highest BCUT2D eigenvalue weighted by Gasteiger charge is 2.17. The minimum absolute atomic E-state index is 0.0649. The van der Waals surface area contributed by atoms with Crippen molar-refractivity contribution in [1.82, 2.24) is 24.5 Å². The van der Waals surface area contributed by atoms with Gasteiger partial charge in [-0.2, -0.15) is 10.2 Å². The van der Waals surface area contributed by atoms with E-state index in [1.807, 2.05) is 37.3 Å². The zero-order valence-electron chi connectivity index (χ0n) is 19.6. The van der Waals surface area contributed by atoms with Gasteiger partial charge in [0.25, 0.3) is 0 Å². The molecule has 3 aromatic heterocycles. The Hall–Kier alpha value is -4.24. The third-order valence-corrected chi connectivity index (χ3v) is 6.01. The van der Waals surface area contributed by atoms with E-state index in [1.54, 1.807) is 41.0 Å². The molecule has 0 aliphatic rings. The van der Waals surface area contributed by atoms with E-state index >= 15 is 0 Å². The van der Waals surface area contributed by atoms with E-state index in [0.29, 0.717) is 17.2 Å². The second kappa shape index (κ2) is 9.79. The van der Waals surface area contributed by atoms with Gasteiger partial charge in [0.15, 0.2) is 11.5 Å². The molecule has 2 aromatic carbocycles. The number of aromatic nitrogens is 5. The first-order valence-electron chi connectivity index (χ1n) is 11.1. The number of aryl methyl sites for hydroxylation is 1. The molecule has 0 fully saturated rings. The number of hydrogen-bond acceptors (Lipinski definition) is 5. The van der Waals surface area contributed by atoms with Gasteiger partial charge in [-0.3, -0.25) is 9.48 Å². The average molecular weight is 505 g/mol. The van der Waals surface area contributed by atoms with E-state index in [4.69, 9.17) is 16.3 Å². The molecule has 0 bridgehead atoms. The molecule has 5 rings (SSSR count). The van der Waals surface area contributed by atoms with Crippen molar-refractivity contribution >= 4 is 34.4 Å². The first-order valence-corrected chi connectivity index (χ1v) is 11.5. The minimum atomic E-state index is -0.343. The second-order valence-corrected chi connectivity index (χ2v) is 8.63. The quantitative estimate of drug-likeness (QED) is 0.333. The molecule has 1 amide bonds. The number of rotatable bonds is 7. The number of ether oxygens (including phenoxy) is 1. The van der Waals surface area contributed by atoms with Crippen LogP contribution in [0.25, 0.3) is 22.2 Å². The molecule has 0 aliphatic heterocycles. The summed E-state index contributed by atoms with van der Waals surface area (Å²) in [5, 5.41) is 12.8. The van der Waals surface area contributed by atoms with Crippen LogP contribution in [0.2, 0.25) is 5.02 Å². The number of carbonyl (C=O) groups excluding carboxylic acids is 1. The SMILES string of the molecule is COc1ccc(-c2ccnc3c2c(C)nn3CC(=O)Nc2nn(Cc3ccc(F)cc3)cc2Cl)cc1. The van der Waals surface area contributed by atoms with Crippen LogP contribution in [0.5, 0.6) is 5.75 Å².